The second kappa shape index (κ2) is 7.03. The number of hydrogen-bond donors (Lipinski definition) is 3. The molecule has 0 spiro atoms. The highest BCUT2D eigenvalue weighted by molar-refractivity contribution is 7.99. The quantitative estimate of drug-likeness (QED) is 0.700. The van der Waals surface area contributed by atoms with Crippen LogP contribution in [0.15, 0.2) is 0 Å². The molecule has 3 unspecified atom stereocenters. The Morgan fingerprint density at radius 1 is 1.37 bits per heavy atom. The number of aliphatic carboxylic acids is 1. The van der Waals surface area contributed by atoms with Gasteiger partial charge in [0.05, 0.1) is 0 Å². The average molecular weight is 288 g/mol. The Morgan fingerprint density at radius 3 is 2.58 bits per heavy atom. The van der Waals surface area contributed by atoms with E-state index in [1.54, 1.807) is 6.92 Å². The lowest BCUT2D eigenvalue weighted by Crippen LogP contribution is -2.56. The SMILES string of the molecule is CCSC1CCC(NC(=O)NC(C)(CC)C(=O)O)C1. The molecule has 1 fully saturated rings. The summed E-state index contributed by atoms with van der Waals surface area (Å²) in [4.78, 5) is 23.0. The maximum atomic E-state index is 11.9. The van der Waals surface area contributed by atoms with Crippen molar-refractivity contribution >= 4 is 23.8 Å². The van der Waals surface area contributed by atoms with Crippen molar-refractivity contribution in [3.63, 3.8) is 0 Å². The van der Waals surface area contributed by atoms with Crippen LogP contribution in [0.5, 0.6) is 0 Å². The highest BCUT2D eigenvalue weighted by atomic mass is 32.2. The van der Waals surface area contributed by atoms with E-state index in [2.05, 4.69) is 17.6 Å². The Balaban J connectivity index is 2.42. The second-order valence-electron chi connectivity index (χ2n) is 5.18. The lowest BCUT2D eigenvalue weighted by atomic mass is 10.00. The van der Waals surface area contributed by atoms with Crippen molar-refractivity contribution in [1.29, 1.82) is 0 Å². The van der Waals surface area contributed by atoms with Gasteiger partial charge in [-0.25, -0.2) is 9.59 Å². The van der Waals surface area contributed by atoms with Gasteiger partial charge in [-0.3, -0.25) is 0 Å². The van der Waals surface area contributed by atoms with Crippen LogP contribution in [-0.2, 0) is 4.79 Å². The maximum Gasteiger partial charge on any atom is 0.329 e. The molecule has 0 aromatic rings. The van der Waals surface area contributed by atoms with Gasteiger partial charge in [0.15, 0.2) is 0 Å². The summed E-state index contributed by atoms with van der Waals surface area (Å²) in [7, 11) is 0. The molecule has 3 atom stereocenters. The third-order valence-electron chi connectivity index (χ3n) is 3.69. The van der Waals surface area contributed by atoms with Crippen LogP contribution in [0.1, 0.15) is 46.5 Å². The fourth-order valence-corrected chi connectivity index (χ4v) is 3.37. The zero-order valence-electron chi connectivity index (χ0n) is 11.9. The number of carboxylic acid groups (broad SMARTS) is 1. The van der Waals surface area contributed by atoms with E-state index in [0.717, 1.165) is 25.0 Å². The minimum Gasteiger partial charge on any atom is -0.480 e. The van der Waals surface area contributed by atoms with E-state index < -0.39 is 11.5 Å². The number of carbonyl (C=O) groups is 2. The number of amides is 2. The van der Waals surface area contributed by atoms with E-state index in [4.69, 9.17) is 5.11 Å². The van der Waals surface area contributed by atoms with Crippen LogP contribution in [0.2, 0.25) is 0 Å². The Labute approximate surface area is 118 Å². The number of carbonyl (C=O) groups excluding carboxylic acids is 1. The van der Waals surface area contributed by atoms with Crippen LogP contribution in [0.4, 0.5) is 4.79 Å². The van der Waals surface area contributed by atoms with Gasteiger partial charge in [0, 0.05) is 11.3 Å². The van der Waals surface area contributed by atoms with Gasteiger partial charge in [0.1, 0.15) is 5.54 Å². The third kappa shape index (κ3) is 4.60. The zero-order chi connectivity index (χ0) is 14.5. The largest absolute Gasteiger partial charge is 0.480 e. The molecule has 2 amide bonds. The first-order valence-corrected chi connectivity index (χ1v) is 7.89. The average Bonchev–Trinajstić information content (AvgIpc) is 2.76. The van der Waals surface area contributed by atoms with Crippen LogP contribution in [0.25, 0.3) is 0 Å². The predicted molar refractivity (Wildman–Crippen MR) is 77.6 cm³/mol. The lowest BCUT2D eigenvalue weighted by molar-refractivity contribution is -0.143. The number of rotatable bonds is 6. The van der Waals surface area contributed by atoms with Gasteiger partial charge in [-0.2, -0.15) is 11.8 Å². The normalized spacial score (nSPS) is 25.6. The van der Waals surface area contributed by atoms with Gasteiger partial charge >= 0.3 is 12.0 Å². The molecule has 1 aliphatic rings. The fraction of sp³-hybridized carbons (Fsp3) is 0.846. The fourth-order valence-electron chi connectivity index (χ4n) is 2.22. The van der Waals surface area contributed by atoms with Crippen LogP contribution < -0.4 is 10.6 Å². The minimum absolute atomic E-state index is 0.166. The molecule has 0 aromatic carbocycles. The molecule has 0 aromatic heterocycles. The third-order valence-corrected chi connectivity index (χ3v) is 4.92. The topological polar surface area (TPSA) is 78.4 Å². The Hall–Kier alpha value is -0.910. The molecular formula is C13H24N2O3S. The number of nitrogens with one attached hydrogen (secondary N) is 2. The number of carboxylic acids is 1. The van der Waals surface area contributed by atoms with Crippen LogP contribution in [-0.4, -0.2) is 39.7 Å². The summed E-state index contributed by atoms with van der Waals surface area (Å²) in [6.07, 6.45) is 3.42. The maximum absolute atomic E-state index is 11.9. The molecule has 6 heteroatoms. The standard InChI is InChI=1S/C13H24N2O3S/c1-4-13(3,11(16)17)15-12(18)14-9-6-7-10(8-9)19-5-2/h9-10H,4-8H2,1-3H3,(H,16,17)(H2,14,15,18). The first-order chi connectivity index (χ1) is 8.91. The van der Waals surface area contributed by atoms with E-state index in [1.165, 1.54) is 6.92 Å². The van der Waals surface area contributed by atoms with Crippen molar-refractivity contribution in [2.45, 2.75) is 63.3 Å². The lowest BCUT2D eigenvalue weighted by Gasteiger charge is -2.25. The molecule has 0 aliphatic heterocycles. The predicted octanol–water partition coefficient (Wildman–Crippen LogP) is 2.21. The minimum atomic E-state index is -1.19. The number of thioether (sulfide) groups is 1. The van der Waals surface area contributed by atoms with E-state index >= 15 is 0 Å². The summed E-state index contributed by atoms with van der Waals surface area (Å²) in [5.41, 5.74) is -1.19. The summed E-state index contributed by atoms with van der Waals surface area (Å²) in [5, 5.41) is 15.2. The molecule has 0 heterocycles. The summed E-state index contributed by atoms with van der Waals surface area (Å²) >= 11 is 1.93. The molecule has 0 radical (unpaired) electrons. The smallest absolute Gasteiger partial charge is 0.329 e. The molecule has 5 nitrogen and oxygen atoms in total. The van der Waals surface area contributed by atoms with Crippen LogP contribution in [0.3, 0.4) is 0 Å². The van der Waals surface area contributed by atoms with Crippen molar-refractivity contribution in [3.8, 4) is 0 Å². The van der Waals surface area contributed by atoms with Crippen molar-refractivity contribution in [2.75, 3.05) is 5.75 Å². The Bertz CT molecular complexity index is 338. The highest BCUT2D eigenvalue weighted by Gasteiger charge is 2.34. The molecule has 1 rings (SSSR count). The van der Waals surface area contributed by atoms with Crippen molar-refractivity contribution in [1.82, 2.24) is 10.6 Å². The van der Waals surface area contributed by atoms with E-state index in [1.807, 2.05) is 11.8 Å². The second-order valence-corrected chi connectivity index (χ2v) is 6.75. The molecule has 1 aliphatic carbocycles. The molecule has 0 bridgehead atoms. The molecule has 0 saturated heterocycles. The number of hydrogen-bond acceptors (Lipinski definition) is 3. The van der Waals surface area contributed by atoms with Gasteiger partial charge in [-0.05, 0) is 38.4 Å². The van der Waals surface area contributed by atoms with Crippen molar-refractivity contribution in [3.05, 3.63) is 0 Å². The van der Waals surface area contributed by atoms with Crippen molar-refractivity contribution < 1.29 is 14.7 Å². The summed E-state index contributed by atoms with van der Waals surface area (Å²) in [5.74, 6) is 0.0900. The van der Waals surface area contributed by atoms with Gasteiger partial charge < -0.3 is 15.7 Å². The van der Waals surface area contributed by atoms with Gasteiger partial charge in [0.2, 0.25) is 0 Å². The van der Waals surface area contributed by atoms with E-state index in [0.29, 0.717) is 11.7 Å². The van der Waals surface area contributed by atoms with E-state index in [9.17, 15) is 9.59 Å². The van der Waals surface area contributed by atoms with Gasteiger partial charge in [-0.1, -0.05) is 13.8 Å². The zero-order valence-corrected chi connectivity index (χ0v) is 12.7. The monoisotopic (exact) mass is 288 g/mol. The van der Waals surface area contributed by atoms with Gasteiger partial charge in [-0.15, -0.1) is 0 Å². The Morgan fingerprint density at radius 2 is 2.05 bits per heavy atom. The van der Waals surface area contributed by atoms with Gasteiger partial charge in [0.25, 0.3) is 0 Å². The van der Waals surface area contributed by atoms with Crippen molar-refractivity contribution in [2.24, 2.45) is 0 Å². The van der Waals surface area contributed by atoms with Crippen LogP contribution in [0, 0.1) is 0 Å². The highest BCUT2D eigenvalue weighted by Crippen LogP contribution is 2.29. The Kier molecular flexibility index (Phi) is 5.97. The molecule has 3 N–H and O–H groups in total. The summed E-state index contributed by atoms with van der Waals surface area (Å²) in [6, 6.07) is -0.210. The first kappa shape index (κ1) is 16.1. The van der Waals surface area contributed by atoms with E-state index in [-0.39, 0.29) is 12.1 Å². The molecule has 1 saturated carbocycles. The summed E-state index contributed by atoms with van der Waals surface area (Å²) in [6.45, 7) is 5.41. The molecule has 19 heavy (non-hydrogen) atoms. The molecular weight excluding hydrogens is 264 g/mol. The van der Waals surface area contributed by atoms with Crippen LogP contribution >= 0.6 is 11.8 Å². The first-order valence-electron chi connectivity index (χ1n) is 6.85. The summed E-state index contributed by atoms with van der Waals surface area (Å²) < 4.78 is 0. The molecule has 110 valence electrons. The number of urea groups is 1.